The van der Waals surface area contributed by atoms with Crippen molar-refractivity contribution in [2.45, 2.75) is 44.6 Å². The van der Waals surface area contributed by atoms with Crippen molar-refractivity contribution in [3.8, 4) is 0 Å². The van der Waals surface area contributed by atoms with Crippen LogP contribution in [0.1, 0.15) is 44.3 Å². The molecule has 4 rings (SSSR count). The van der Waals surface area contributed by atoms with Crippen LogP contribution < -0.4 is 0 Å². The maximum absolute atomic E-state index is 12.7. The number of nitrogens with one attached hydrogen (secondary N) is 1. The minimum Gasteiger partial charge on any atom is -0.368 e. The number of ether oxygens (including phenoxy) is 1. The number of aromatic amines is 1. The van der Waals surface area contributed by atoms with E-state index in [0.29, 0.717) is 5.92 Å². The van der Waals surface area contributed by atoms with Crippen LogP contribution in [0.5, 0.6) is 0 Å². The van der Waals surface area contributed by atoms with Gasteiger partial charge in [0.15, 0.2) is 0 Å². The van der Waals surface area contributed by atoms with Crippen LogP contribution in [0, 0.1) is 5.92 Å². The normalized spacial score (nSPS) is 22.7. The topological polar surface area (TPSA) is 58.2 Å². The zero-order valence-corrected chi connectivity index (χ0v) is 14.2. The highest BCUT2D eigenvalue weighted by Gasteiger charge is 2.30. The van der Waals surface area contributed by atoms with Crippen LogP contribution in [0.3, 0.4) is 0 Å². The van der Waals surface area contributed by atoms with Gasteiger partial charge in [-0.3, -0.25) is 4.79 Å². The van der Waals surface area contributed by atoms with Crippen molar-refractivity contribution in [1.29, 1.82) is 0 Å². The van der Waals surface area contributed by atoms with Crippen LogP contribution >= 0.6 is 0 Å². The van der Waals surface area contributed by atoms with Crippen molar-refractivity contribution in [3.63, 3.8) is 0 Å². The second kappa shape index (κ2) is 6.55. The number of aromatic nitrogens is 2. The van der Waals surface area contributed by atoms with Crippen molar-refractivity contribution >= 4 is 16.9 Å². The standard InChI is InChI=1S/C19H25N3O2/c1-13(24-12-14-8-9-14)19(23)22-10-4-5-15(11-22)18-20-16-6-2-3-7-17(16)21-18/h2-3,6-7,13-15H,4-5,8-12H2,1H3,(H,20,21). The summed E-state index contributed by atoms with van der Waals surface area (Å²) in [6.07, 6.45) is 4.25. The van der Waals surface area contributed by atoms with E-state index in [2.05, 4.69) is 4.98 Å². The van der Waals surface area contributed by atoms with Gasteiger partial charge < -0.3 is 14.6 Å². The van der Waals surface area contributed by atoms with Crippen molar-refractivity contribution < 1.29 is 9.53 Å². The molecule has 1 aliphatic carbocycles. The van der Waals surface area contributed by atoms with Crippen LogP contribution in [0.25, 0.3) is 11.0 Å². The average Bonchev–Trinajstić information content (AvgIpc) is 3.35. The number of nitrogens with zero attached hydrogens (tertiary/aromatic N) is 2. The lowest BCUT2D eigenvalue weighted by atomic mass is 9.97. The van der Waals surface area contributed by atoms with E-state index in [1.165, 1.54) is 12.8 Å². The van der Waals surface area contributed by atoms with E-state index in [0.717, 1.165) is 49.4 Å². The molecule has 2 heterocycles. The van der Waals surface area contributed by atoms with Gasteiger partial charge in [0.05, 0.1) is 17.6 Å². The largest absolute Gasteiger partial charge is 0.368 e. The number of hydrogen-bond donors (Lipinski definition) is 1. The number of imidazole rings is 1. The highest BCUT2D eigenvalue weighted by molar-refractivity contribution is 5.80. The first-order valence-electron chi connectivity index (χ1n) is 9.06. The van der Waals surface area contributed by atoms with Gasteiger partial charge in [-0.05, 0) is 50.7 Å². The van der Waals surface area contributed by atoms with Crippen LogP contribution in [0.15, 0.2) is 24.3 Å². The molecule has 1 N–H and O–H groups in total. The summed E-state index contributed by atoms with van der Waals surface area (Å²) in [4.78, 5) is 22.7. The molecule has 1 saturated carbocycles. The van der Waals surface area contributed by atoms with E-state index in [4.69, 9.17) is 9.72 Å². The Hall–Kier alpha value is -1.88. The number of hydrogen-bond acceptors (Lipinski definition) is 3. The smallest absolute Gasteiger partial charge is 0.251 e. The lowest BCUT2D eigenvalue weighted by Crippen LogP contribution is -2.44. The quantitative estimate of drug-likeness (QED) is 0.918. The number of carbonyl (C=O) groups excluding carboxylic acids is 1. The summed E-state index contributed by atoms with van der Waals surface area (Å²) in [5, 5.41) is 0. The molecular formula is C19H25N3O2. The zero-order valence-electron chi connectivity index (χ0n) is 14.2. The number of amides is 1. The highest BCUT2D eigenvalue weighted by Crippen LogP contribution is 2.30. The summed E-state index contributed by atoms with van der Waals surface area (Å²) < 4.78 is 5.76. The summed E-state index contributed by atoms with van der Waals surface area (Å²) in [7, 11) is 0. The van der Waals surface area contributed by atoms with Crippen LogP contribution in [0.2, 0.25) is 0 Å². The third-order valence-corrected chi connectivity index (χ3v) is 5.15. The maximum atomic E-state index is 12.7. The molecule has 2 aromatic rings. The van der Waals surface area contributed by atoms with E-state index in [9.17, 15) is 4.79 Å². The third-order valence-electron chi connectivity index (χ3n) is 5.15. The van der Waals surface area contributed by atoms with Gasteiger partial charge in [0.1, 0.15) is 11.9 Å². The second-order valence-electron chi connectivity index (χ2n) is 7.18. The molecule has 2 aliphatic rings. The van der Waals surface area contributed by atoms with E-state index in [1.54, 1.807) is 0 Å². The highest BCUT2D eigenvalue weighted by atomic mass is 16.5. The number of likely N-dealkylation sites (tertiary alicyclic amines) is 1. The molecule has 128 valence electrons. The Labute approximate surface area is 142 Å². The Morgan fingerprint density at radius 3 is 3.00 bits per heavy atom. The van der Waals surface area contributed by atoms with Gasteiger partial charge in [-0.15, -0.1) is 0 Å². The van der Waals surface area contributed by atoms with Crippen molar-refractivity contribution in [3.05, 3.63) is 30.1 Å². The molecule has 5 nitrogen and oxygen atoms in total. The Bertz CT molecular complexity index is 689. The van der Waals surface area contributed by atoms with Gasteiger partial charge >= 0.3 is 0 Å². The van der Waals surface area contributed by atoms with Crippen molar-refractivity contribution in [1.82, 2.24) is 14.9 Å². The minimum absolute atomic E-state index is 0.122. The molecule has 0 bridgehead atoms. The number of fused-ring (bicyclic) bond motifs is 1. The van der Waals surface area contributed by atoms with Crippen molar-refractivity contribution in [2.75, 3.05) is 19.7 Å². The van der Waals surface area contributed by atoms with Gasteiger partial charge in [-0.2, -0.15) is 0 Å². The zero-order chi connectivity index (χ0) is 16.5. The molecule has 0 radical (unpaired) electrons. The average molecular weight is 327 g/mol. The number of rotatable bonds is 5. The first kappa shape index (κ1) is 15.6. The van der Waals surface area contributed by atoms with Gasteiger partial charge in [0.25, 0.3) is 5.91 Å². The Balaban J connectivity index is 1.41. The fourth-order valence-electron chi connectivity index (χ4n) is 3.46. The molecule has 2 atom stereocenters. The van der Waals surface area contributed by atoms with E-state index in [-0.39, 0.29) is 17.9 Å². The van der Waals surface area contributed by atoms with Crippen LogP contribution in [-0.4, -0.2) is 46.6 Å². The molecule has 1 aromatic heterocycles. The predicted octanol–water partition coefficient (Wildman–Crippen LogP) is 3.08. The number of carbonyl (C=O) groups is 1. The van der Waals surface area contributed by atoms with Gasteiger partial charge in [0, 0.05) is 19.0 Å². The van der Waals surface area contributed by atoms with Crippen LogP contribution in [-0.2, 0) is 9.53 Å². The molecule has 24 heavy (non-hydrogen) atoms. The lowest BCUT2D eigenvalue weighted by Gasteiger charge is -2.33. The number of piperidine rings is 1. The molecule has 1 amide bonds. The van der Waals surface area contributed by atoms with Gasteiger partial charge in [-0.25, -0.2) is 4.98 Å². The number of benzene rings is 1. The molecule has 5 heteroatoms. The molecule has 1 saturated heterocycles. The monoisotopic (exact) mass is 327 g/mol. The molecule has 0 spiro atoms. The van der Waals surface area contributed by atoms with Crippen LogP contribution in [0.4, 0.5) is 0 Å². The Kier molecular flexibility index (Phi) is 4.27. The number of H-pyrrole nitrogens is 1. The lowest BCUT2D eigenvalue weighted by molar-refractivity contribution is -0.144. The summed E-state index contributed by atoms with van der Waals surface area (Å²) in [6.45, 7) is 4.17. The molecule has 2 fully saturated rings. The fourth-order valence-corrected chi connectivity index (χ4v) is 3.46. The van der Waals surface area contributed by atoms with E-state index < -0.39 is 0 Å². The second-order valence-corrected chi connectivity index (χ2v) is 7.18. The minimum atomic E-state index is -0.333. The van der Waals surface area contributed by atoms with Gasteiger partial charge in [0.2, 0.25) is 0 Å². The fraction of sp³-hybridized carbons (Fsp3) is 0.579. The molecule has 1 aromatic carbocycles. The summed E-state index contributed by atoms with van der Waals surface area (Å²) in [6, 6.07) is 8.09. The van der Waals surface area contributed by atoms with Crippen molar-refractivity contribution in [2.24, 2.45) is 5.92 Å². The van der Waals surface area contributed by atoms with Gasteiger partial charge in [-0.1, -0.05) is 12.1 Å². The number of para-hydroxylation sites is 2. The first-order valence-corrected chi connectivity index (χ1v) is 9.06. The first-order chi connectivity index (χ1) is 11.7. The molecule has 2 unspecified atom stereocenters. The summed E-state index contributed by atoms with van der Waals surface area (Å²) >= 11 is 0. The SMILES string of the molecule is CC(OCC1CC1)C(=O)N1CCCC(c2nc3ccccc3[nH]2)C1. The summed E-state index contributed by atoms with van der Waals surface area (Å²) in [5.74, 6) is 2.09. The molecular weight excluding hydrogens is 302 g/mol. The predicted molar refractivity (Wildman–Crippen MR) is 92.8 cm³/mol. The summed E-state index contributed by atoms with van der Waals surface area (Å²) in [5.41, 5.74) is 2.06. The third kappa shape index (κ3) is 3.31. The van der Waals surface area contributed by atoms with E-state index in [1.807, 2.05) is 36.1 Å². The Morgan fingerprint density at radius 2 is 2.21 bits per heavy atom. The maximum Gasteiger partial charge on any atom is 0.251 e. The molecule has 1 aliphatic heterocycles. The Morgan fingerprint density at radius 1 is 1.38 bits per heavy atom. The van der Waals surface area contributed by atoms with E-state index >= 15 is 0 Å².